The highest BCUT2D eigenvalue weighted by Gasteiger charge is 2.35. The Kier molecular flexibility index (Phi) is 6.18. The third-order valence-electron chi connectivity index (χ3n) is 6.37. The van der Waals surface area contributed by atoms with E-state index in [9.17, 15) is 24.2 Å². The molecule has 1 amide bonds. The van der Waals surface area contributed by atoms with E-state index in [1.165, 1.54) is 35.2 Å². The molecule has 1 aliphatic rings. The number of aliphatic hydroxyl groups excluding tert-OH is 1. The average Bonchev–Trinajstić information content (AvgIpc) is 3.31. The molecule has 35 heavy (non-hydrogen) atoms. The minimum absolute atomic E-state index is 0.0561. The van der Waals surface area contributed by atoms with E-state index in [1.807, 2.05) is 18.2 Å². The van der Waals surface area contributed by atoms with E-state index in [0.717, 1.165) is 22.7 Å². The SMILES string of the molecule is O=C(c1ccc(F)cc1)N1CCC(O)(Cn2cnc3c(-c4cccc(CO)c4)nsc3c2=O)CC1. The van der Waals surface area contributed by atoms with Crippen LogP contribution in [0.15, 0.2) is 59.7 Å². The maximum absolute atomic E-state index is 13.1. The van der Waals surface area contributed by atoms with E-state index in [0.29, 0.717) is 47.4 Å². The highest BCUT2D eigenvalue weighted by atomic mass is 32.1. The highest BCUT2D eigenvalue weighted by Crippen LogP contribution is 2.29. The van der Waals surface area contributed by atoms with Crippen LogP contribution in [0.25, 0.3) is 21.5 Å². The van der Waals surface area contributed by atoms with Crippen molar-refractivity contribution in [2.75, 3.05) is 13.1 Å². The van der Waals surface area contributed by atoms with Crippen LogP contribution in [0, 0.1) is 5.82 Å². The number of carbonyl (C=O) groups excluding carboxylic acids is 1. The fraction of sp³-hybridized carbons (Fsp3) is 0.280. The standard InChI is InChI=1S/C25H23FN4O4S/c26-19-6-4-17(5-7-19)23(32)29-10-8-25(34,9-11-29)14-30-15-27-21-20(28-35-22(21)24(30)33)18-3-1-2-16(12-18)13-31/h1-7,12,15,31,34H,8-11,13-14H2. The van der Waals surface area contributed by atoms with Crippen LogP contribution >= 0.6 is 11.5 Å². The van der Waals surface area contributed by atoms with E-state index in [2.05, 4.69) is 9.36 Å². The molecule has 180 valence electrons. The normalized spacial score (nSPS) is 15.5. The van der Waals surface area contributed by atoms with Crippen LogP contribution in [0.4, 0.5) is 4.39 Å². The Morgan fingerprint density at radius 3 is 2.60 bits per heavy atom. The number of hydrogen-bond acceptors (Lipinski definition) is 7. The molecule has 5 rings (SSSR count). The van der Waals surface area contributed by atoms with Gasteiger partial charge >= 0.3 is 0 Å². The summed E-state index contributed by atoms with van der Waals surface area (Å²) in [4.78, 5) is 31.9. The molecular weight excluding hydrogens is 471 g/mol. The van der Waals surface area contributed by atoms with Crippen LogP contribution < -0.4 is 5.56 Å². The van der Waals surface area contributed by atoms with Crippen molar-refractivity contribution < 1.29 is 19.4 Å². The zero-order valence-corrected chi connectivity index (χ0v) is 19.5. The Morgan fingerprint density at radius 2 is 1.89 bits per heavy atom. The molecule has 0 spiro atoms. The van der Waals surface area contributed by atoms with Crippen LogP contribution in [0.1, 0.15) is 28.8 Å². The summed E-state index contributed by atoms with van der Waals surface area (Å²) in [6, 6.07) is 12.7. The van der Waals surface area contributed by atoms with Gasteiger partial charge in [0.2, 0.25) is 0 Å². The molecule has 2 N–H and O–H groups in total. The van der Waals surface area contributed by atoms with Crippen molar-refractivity contribution in [1.82, 2.24) is 18.8 Å². The summed E-state index contributed by atoms with van der Waals surface area (Å²) in [6.07, 6.45) is 2.02. The van der Waals surface area contributed by atoms with Gasteiger partial charge in [-0.25, -0.2) is 9.37 Å². The van der Waals surface area contributed by atoms with Gasteiger partial charge in [-0.1, -0.05) is 18.2 Å². The molecule has 2 aromatic heterocycles. The molecule has 8 nitrogen and oxygen atoms in total. The largest absolute Gasteiger partial charge is 0.392 e. The molecule has 2 aromatic carbocycles. The first kappa shape index (κ1) is 23.3. The molecule has 0 aliphatic carbocycles. The molecule has 10 heteroatoms. The molecule has 1 fully saturated rings. The van der Waals surface area contributed by atoms with Crippen LogP contribution in [0.5, 0.6) is 0 Å². The predicted octanol–water partition coefficient (Wildman–Crippen LogP) is 2.82. The van der Waals surface area contributed by atoms with Crippen molar-refractivity contribution in [3.05, 3.63) is 82.2 Å². The monoisotopic (exact) mass is 494 g/mol. The minimum atomic E-state index is -1.16. The van der Waals surface area contributed by atoms with Gasteiger partial charge in [-0.3, -0.25) is 14.2 Å². The Bertz CT molecular complexity index is 1440. The van der Waals surface area contributed by atoms with E-state index in [4.69, 9.17) is 0 Å². The number of amides is 1. The number of aliphatic hydroxyl groups is 2. The third kappa shape index (κ3) is 4.60. The number of hydrogen-bond donors (Lipinski definition) is 2. The van der Waals surface area contributed by atoms with Crippen molar-refractivity contribution in [3.63, 3.8) is 0 Å². The summed E-state index contributed by atoms with van der Waals surface area (Å²) >= 11 is 1.06. The van der Waals surface area contributed by atoms with Gasteiger partial charge in [-0.2, -0.15) is 4.37 Å². The fourth-order valence-corrected chi connectivity index (χ4v) is 5.16. The lowest BCUT2D eigenvalue weighted by atomic mass is 9.91. The second-order valence-electron chi connectivity index (χ2n) is 8.77. The summed E-state index contributed by atoms with van der Waals surface area (Å²) in [5.41, 5.74) is 1.52. The number of aromatic nitrogens is 3. The quantitative estimate of drug-likeness (QED) is 0.442. The summed E-state index contributed by atoms with van der Waals surface area (Å²) < 4.78 is 19.4. The number of benzene rings is 2. The second kappa shape index (κ2) is 9.29. The van der Waals surface area contributed by atoms with Crippen LogP contribution in [0.3, 0.4) is 0 Å². The van der Waals surface area contributed by atoms with Gasteiger partial charge < -0.3 is 15.1 Å². The molecular formula is C25H23FN4O4S. The lowest BCUT2D eigenvalue weighted by molar-refractivity contribution is -0.0299. The van der Waals surface area contributed by atoms with Crippen LogP contribution in [-0.4, -0.2) is 53.6 Å². The van der Waals surface area contributed by atoms with Gasteiger partial charge in [-0.15, -0.1) is 0 Å². The highest BCUT2D eigenvalue weighted by molar-refractivity contribution is 7.13. The Balaban J connectivity index is 1.32. The van der Waals surface area contributed by atoms with E-state index >= 15 is 0 Å². The van der Waals surface area contributed by atoms with Gasteiger partial charge in [0.1, 0.15) is 21.7 Å². The van der Waals surface area contributed by atoms with Crippen molar-refractivity contribution in [2.45, 2.75) is 31.6 Å². The van der Waals surface area contributed by atoms with E-state index in [-0.39, 0.29) is 24.6 Å². The number of fused-ring (bicyclic) bond motifs is 1. The molecule has 3 heterocycles. The molecule has 0 radical (unpaired) electrons. The summed E-state index contributed by atoms with van der Waals surface area (Å²) in [6.45, 7) is 0.605. The predicted molar refractivity (Wildman–Crippen MR) is 130 cm³/mol. The van der Waals surface area contributed by atoms with Crippen LogP contribution in [-0.2, 0) is 13.2 Å². The molecule has 0 unspecified atom stereocenters. The number of piperidine rings is 1. The Morgan fingerprint density at radius 1 is 1.14 bits per heavy atom. The van der Waals surface area contributed by atoms with Gasteiger partial charge in [0.05, 0.1) is 25.1 Å². The first-order chi connectivity index (χ1) is 16.9. The number of rotatable bonds is 5. The van der Waals surface area contributed by atoms with Gasteiger partial charge in [0.25, 0.3) is 11.5 Å². The van der Waals surface area contributed by atoms with Crippen molar-refractivity contribution in [3.8, 4) is 11.3 Å². The molecule has 1 aliphatic heterocycles. The Hall–Kier alpha value is -3.47. The first-order valence-electron chi connectivity index (χ1n) is 11.2. The van der Waals surface area contributed by atoms with E-state index < -0.39 is 11.4 Å². The molecule has 1 saturated heterocycles. The van der Waals surface area contributed by atoms with Crippen molar-refractivity contribution in [2.24, 2.45) is 0 Å². The summed E-state index contributed by atoms with van der Waals surface area (Å²) in [5.74, 6) is -0.618. The molecule has 0 saturated carbocycles. The molecule has 4 aromatic rings. The number of likely N-dealkylation sites (tertiary alicyclic amines) is 1. The second-order valence-corrected chi connectivity index (χ2v) is 9.54. The maximum atomic E-state index is 13.1. The van der Waals surface area contributed by atoms with Crippen LogP contribution in [0.2, 0.25) is 0 Å². The minimum Gasteiger partial charge on any atom is -0.392 e. The summed E-state index contributed by atoms with van der Waals surface area (Å²) in [5, 5.41) is 20.6. The average molecular weight is 495 g/mol. The molecule has 0 atom stereocenters. The van der Waals surface area contributed by atoms with Gasteiger partial charge in [0, 0.05) is 24.2 Å². The third-order valence-corrected chi connectivity index (χ3v) is 7.19. The van der Waals surface area contributed by atoms with Crippen molar-refractivity contribution in [1.29, 1.82) is 0 Å². The lowest BCUT2D eigenvalue weighted by Crippen LogP contribution is -2.49. The topological polar surface area (TPSA) is 109 Å². The Labute approximate surface area is 204 Å². The van der Waals surface area contributed by atoms with Gasteiger partial charge in [0.15, 0.2) is 0 Å². The maximum Gasteiger partial charge on any atom is 0.273 e. The smallest absolute Gasteiger partial charge is 0.273 e. The first-order valence-corrected chi connectivity index (χ1v) is 12.0. The van der Waals surface area contributed by atoms with E-state index in [1.54, 1.807) is 11.0 Å². The number of nitrogens with zero attached hydrogens (tertiary/aromatic N) is 4. The fourth-order valence-electron chi connectivity index (χ4n) is 4.35. The van der Waals surface area contributed by atoms with Crippen molar-refractivity contribution >= 4 is 27.7 Å². The summed E-state index contributed by atoms with van der Waals surface area (Å²) in [7, 11) is 0. The zero-order chi connectivity index (χ0) is 24.6. The lowest BCUT2D eigenvalue weighted by Gasteiger charge is -2.38. The van der Waals surface area contributed by atoms with Gasteiger partial charge in [-0.05, 0) is 60.3 Å². The number of halogens is 1. The molecule has 0 bridgehead atoms. The number of carbonyl (C=O) groups is 1. The zero-order valence-electron chi connectivity index (χ0n) is 18.7.